The monoisotopic (exact) mass is 552 g/mol. The van der Waals surface area contributed by atoms with Gasteiger partial charge in [-0.25, -0.2) is 9.78 Å². The van der Waals surface area contributed by atoms with Crippen molar-refractivity contribution in [2.24, 2.45) is 5.92 Å². The number of benzene rings is 2. The first-order valence-electron chi connectivity index (χ1n) is 13.2. The molecule has 0 spiro atoms. The van der Waals surface area contributed by atoms with Gasteiger partial charge in [0.2, 0.25) is 5.88 Å². The van der Waals surface area contributed by atoms with Crippen molar-refractivity contribution in [1.82, 2.24) is 9.88 Å². The molecule has 2 saturated heterocycles. The van der Waals surface area contributed by atoms with Gasteiger partial charge in [0, 0.05) is 29.7 Å². The van der Waals surface area contributed by atoms with Gasteiger partial charge in [0.15, 0.2) is 12.4 Å². The Kier molecular flexibility index (Phi) is 6.95. The summed E-state index contributed by atoms with van der Waals surface area (Å²) in [6.45, 7) is -0.648. The molecule has 0 saturated carbocycles. The molecule has 1 aromatic heterocycles. The Bertz CT molecular complexity index is 1350. The highest BCUT2D eigenvalue weighted by atomic mass is 19.4. The average molecular weight is 553 g/mol. The number of amides is 1. The number of alkyl halides is 3. The molecule has 1 amide bonds. The van der Waals surface area contributed by atoms with E-state index in [2.05, 4.69) is 34.0 Å². The molecule has 10 heteroatoms. The number of halogens is 3. The maximum Gasteiger partial charge on any atom is 0.422 e. The van der Waals surface area contributed by atoms with Crippen LogP contribution in [0.2, 0.25) is 0 Å². The maximum atomic E-state index is 13.4. The third-order valence-electron chi connectivity index (χ3n) is 7.84. The van der Waals surface area contributed by atoms with Crippen LogP contribution in [0.1, 0.15) is 40.2 Å². The first kappa shape index (κ1) is 26.3. The Morgan fingerprint density at radius 1 is 0.925 bits per heavy atom. The smallest absolute Gasteiger partial charge is 0.422 e. The molecular formula is C30H27F3N2O5. The Hall–Kier alpha value is -3.92. The van der Waals surface area contributed by atoms with Gasteiger partial charge >= 0.3 is 12.3 Å². The predicted molar refractivity (Wildman–Crippen MR) is 138 cm³/mol. The fourth-order valence-corrected chi connectivity index (χ4v) is 6.10. The van der Waals surface area contributed by atoms with Gasteiger partial charge in [0.25, 0.3) is 0 Å². The normalized spacial score (nSPS) is 21.9. The van der Waals surface area contributed by atoms with Gasteiger partial charge < -0.3 is 14.2 Å². The third-order valence-corrected chi connectivity index (χ3v) is 7.84. The van der Waals surface area contributed by atoms with Crippen molar-refractivity contribution in [1.29, 1.82) is 0 Å². The van der Waals surface area contributed by atoms with Crippen molar-refractivity contribution in [3.63, 3.8) is 0 Å². The molecule has 2 bridgehead atoms. The SMILES string of the molecule is O=C(c1ccc(OCC(F)(F)F)nc1)C1CC2COCC(C1)N2C(=O)OCC1c2ccccc2-c2ccccc21. The molecule has 208 valence electrons. The number of nitrogens with zero attached hydrogens (tertiary/aromatic N) is 2. The molecule has 3 aromatic rings. The van der Waals surface area contributed by atoms with Crippen LogP contribution in [-0.2, 0) is 9.47 Å². The highest BCUT2D eigenvalue weighted by molar-refractivity contribution is 5.97. The first-order chi connectivity index (χ1) is 19.3. The van der Waals surface area contributed by atoms with E-state index in [1.165, 1.54) is 18.3 Å². The summed E-state index contributed by atoms with van der Waals surface area (Å²) in [4.78, 5) is 32.2. The molecule has 2 aliphatic heterocycles. The van der Waals surface area contributed by atoms with Gasteiger partial charge in [-0.2, -0.15) is 13.2 Å². The lowest BCUT2D eigenvalue weighted by Gasteiger charge is -2.47. The number of carbonyl (C=O) groups excluding carboxylic acids is 2. The molecule has 1 aliphatic carbocycles. The summed E-state index contributed by atoms with van der Waals surface area (Å²) in [5.74, 6) is -0.800. The summed E-state index contributed by atoms with van der Waals surface area (Å²) < 4.78 is 53.4. The number of ketones is 1. The summed E-state index contributed by atoms with van der Waals surface area (Å²) >= 11 is 0. The predicted octanol–water partition coefficient (Wildman–Crippen LogP) is 5.63. The van der Waals surface area contributed by atoms with Gasteiger partial charge in [-0.05, 0) is 41.2 Å². The molecule has 6 rings (SSSR count). The second kappa shape index (κ2) is 10.6. The summed E-state index contributed by atoms with van der Waals surface area (Å²) in [7, 11) is 0. The minimum atomic E-state index is -4.47. The number of morpholine rings is 1. The van der Waals surface area contributed by atoms with Crippen LogP contribution in [0.25, 0.3) is 11.1 Å². The van der Waals surface area contributed by atoms with E-state index in [1.807, 2.05) is 24.3 Å². The van der Waals surface area contributed by atoms with Crippen molar-refractivity contribution in [3.8, 4) is 17.0 Å². The third kappa shape index (κ3) is 5.15. The Morgan fingerprint density at radius 2 is 1.55 bits per heavy atom. The van der Waals surface area contributed by atoms with E-state index >= 15 is 0 Å². The van der Waals surface area contributed by atoms with Crippen LogP contribution in [0.3, 0.4) is 0 Å². The van der Waals surface area contributed by atoms with Crippen molar-refractivity contribution in [2.75, 3.05) is 26.4 Å². The van der Waals surface area contributed by atoms with Gasteiger partial charge in [0.1, 0.15) is 6.61 Å². The first-order valence-corrected chi connectivity index (χ1v) is 13.2. The quantitative estimate of drug-likeness (QED) is 0.369. The number of ether oxygens (including phenoxy) is 3. The van der Waals surface area contributed by atoms with Crippen molar-refractivity contribution < 1.29 is 37.0 Å². The lowest BCUT2D eigenvalue weighted by Crippen LogP contribution is -2.60. The number of piperidine rings is 1. The van der Waals surface area contributed by atoms with Crippen molar-refractivity contribution >= 4 is 11.9 Å². The fraction of sp³-hybridized carbons (Fsp3) is 0.367. The fourth-order valence-electron chi connectivity index (χ4n) is 6.10. The van der Waals surface area contributed by atoms with Crippen LogP contribution in [-0.4, -0.2) is 66.4 Å². The number of carbonyl (C=O) groups is 2. The van der Waals surface area contributed by atoms with Crippen LogP contribution in [0.15, 0.2) is 66.9 Å². The Labute approximate surface area is 228 Å². The van der Waals surface area contributed by atoms with Crippen LogP contribution < -0.4 is 4.74 Å². The number of rotatable bonds is 6. The van der Waals surface area contributed by atoms with E-state index < -0.39 is 18.9 Å². The number of aromatic nitrogens is 1. The van der Waals surface area contributed by atoms with Crippen LogP contribution in [0.4, 0.5) is 18.0 Å². The molecular weight excluding hydrogens is 525 g/mol. The standard InChI is InChI=1S/C30H27F3N2O5/c31-30(32,33)17-40-27-10-9-18(13-34-27)28(36)19-11-20-14-38-15-21(12-19)35(20)29(37)39-16-26-24-7-3-1-5-22(24)23-6-2-4-8-25(23)26/h1-10,13,19-21,26H,11-12,14-17H2. The molecule has 2 unspecified atom stereocenters. The number of Topliss-reactive ketones (excluding diaryl/α,β-unsaturated/α-hetero) is 1. The van der Waals surface area contributed by atoms with Crippen LogP contribution >= 0.6 is 0 Å². The Balaban J connectivity index is 1.10. The zero-order chi connectivity index (χ0) is 27.9. The second-order valence-corrected chi connectivity index (χ2v) is 10.4. The number of hydrogen-bond acceptors (Lipinski definition) is 6. The average Bonchev–Trinajstić information content (AvgIpc) is 3.27. The second-order valence-electron chi connectivity index (χ2n) is 10.4. The minimum Gasteiger partial charge on any atom is -0.468 e. The highest BCUT2D eigenvalue weighted by Gasteiger charge is 2.45. The lowest BCUT2D eigenvalue weighted by molar-refractivity contribution is -0.154. The van der Waals surface area contributed by atoms with Crippen LogP contribution in [0.5, 0.6) is 5.88 Å². The highest BCUT2D eigenvalue weighted by Crippen LogP contribution is 2.44. The molecule has 7 nitrogen and oxygen atoms in total. The molecule has 0 radical (unpaired) electrons. The number of pyridine rings is 1. The summed E-state index contributed by atoms with van der Waals surface area (Å²) in [6, 6.07) is 18.3. The molecule has 3 heterocycles. The summed E-state index contributed by atoms with van der Waals surface area (Å²) in [6.07, 6.45) is -2.87. The number of hydrogen-bond donors (Lipinski definition) is 0. The van der Waals surface area contributed by atoms with E-state index in [0.717, 1.165) is 22.3 Å². The lowest BCUT2D eigenvalue weighted by atomic mass is 9.81. The van der Waals surface area contributed by atoms with E-state index in [1.54, 1.807) is 4.90 Å². The van der Waals surface area contributed by atoms with Gasteiger partial charge in [-0.1, -0.05) is 48.5 Å². The number of fused-ring (bicyclic) bond motifs is 5. The molecule has 2 fully saturated rings. The molecule has 0 N–H and O–H groups in total. The van der Waals surface area contributed by atoms with Gasteiger partial charge in [-0.3, -0.25) is 9.69 Å². The largest absolute Gasteiger partial charge is 0.468 e. The molecule has 2 aromatic carbocycles. The maximum absolute atomic E-state index is 13.4. The molecule has 3 aliphatic rings. The van der Waals surface area contributed by atoms with Crippen molar-refractivity contribution in [2.45, 2.75) is 37.0 Å². The zero-order valence-corrected chi connectivity index (χ0v) is 21.5. The van der Waals surface area contributed by atoms with Gasteiger partial charge in [0.05, 0.1) is 25.3 Å². The molecule has 2 atom stereocenters. The Morgan fingerprint density at radius 3 is 2.12 bits per heavy atom. The zero-order valence-electron chi connectivity index (χ0n) is 21.5. The molecule has 40 heavy (non-hydrogen) atoms. The van der Waals surface area contributed by atoms with Crippen LogP contribution in [0, 0.1) is 5.92 Å². The van der Waals surface area contributed by atoms with E-state index in [-0.39, 0.29) is 47.8 Å². The topological polar surface area (TPSA) is 78.0 Å². The van der Waals surface area contributed by atoms with Gasteiger partial charge in [-0.15, -0.1) is 0 Å². The van der Waals surface area contributed by atoms with E-state index in [0.29, 0.717) is 26.1 Å². The summed E-state index contributed by atoms with van der Waals surface area (Å²) in [5.41, 5.74) is 4.86. The minimum absolute atomic E-state index is 0.0536. The van der Waals surface area contributed by atoms with E-state index in [4.69, 9.17) is 9.47 Å². The van der Waals surface area contributed by atoms with E-state index in [9.17, 15) is 22.8 Å². The van der Waals surface area contributed by atoms with Crippen molar-refractivity contribution in [3.05, 3.63) is 83.6 Å². The summed E-state index contributed by atoms with van der Waals surface area (Å²) in [5, 5.41) is 0.